The topological polar surface area (TPSA) is 67.5 Å². The number of benzene rings is 2. The quantitative estimate of drug-likeness (QED) is 0.780. The molecular weight excluding hydrogens is 330 g/mol. The smallest absolute Gasteiger partial charge is 0.275 e. The van der Waals surface area contributed by atoms with E-state index in [1.54, 1.807) is 14.2 Å². The summed E-state index contributed by atoms with van der Waals surface area (Å²) in [6.45, 7) is 0.721. The molecule has 1 aliphatic rings. The van der Waals surface area contributed by atoms with Crippen LogP contribution in [0.3, 0.4) is 0 Å². The molecule has 0 radical (unpaired) electrons. The number of aromatic nitrogens is 2. The van der Waals surface area contributed by atoms with Gasteiger partial charge in [0.2, 0.25) is 0 Å². The van der Waals surface area contributed by atoms with Crippen molar-refractivity contribution in [2.75, 3.05) is 20.8 Å². The number of ether oxygens (including phenoxy) is 2. The summed E-state index contributed by atoms with van der Waals surface area (Å²) in [7, 11) is 3.24. The van der Waals surface area contributed by atoms with Crippen LogP contribution in [0.15, 0.2) is 42.5 Å². The van der Waals surface area contributed by atoms with Crippen molar-refractivity contribution < 1.29 is 14.3 Å². The van der Waals surface area contributed by atoms with Crippen LogP contribution in [0.25, 0.3) is 10.9 Å². The van der Waals surface area contributed by atoms with Crippen LogP contribution in [-0.2, 0) is 0 Å². The van der Waals surface area contributed by atoms with Crippen molar-refractivity contribution in [2.24, 2.45) is 0 Å². The monoisotopic (exact) mass is 351 g/mol. The molecule has 6 nitrogen and oxygen atoms in total. The largest absolute Gasteiger partial charge is 0.493 e. The minimum absolute atomic E-state index is 0.0118. The number of fused-ring (bicyclic) bond motifs is 1. The molecule has 1 unspecified atom stereocenters. The van der Waals surface area contributed by atoms with Crippen molar-refractivity contribution in [2.45, 2.75) is 18.9 Å². The maximum absolute atomic E-state index is 13.2. The van der Waals surface area contributed by atoms with Gasteiger partial charge in [-0.15, -0.1) is 0 Å². The second kappa shape index (κ2) is 6.71. The lowest BCUT2D eigenvalue weighted by atomic mass is 10.0. The average Bonchev–Trinajstić information content (AvgIpc) is 3.34. The van der Waals surface area contributed by atoms with Crippen molar-refractivity contribution in [1.82, 2.24) is 15.1 Å². The maximum atomic E-state index is 13.2. The van der Waals surface area contributed by atoms with Crippen LogP contribution >= 0.6 is 0 Å². The van der Waals surface area contributed by atoms with E-state index in [0.717, 1.165) is 35.9 Å². The summed E-state index contributed by atoms with van der Waals surface area (Å²) >= 11 is 0. The highest BCUT2D eigenvalue weighted by Crippen LogP contribution is 2.37. The molecule has 1 aliphatic heterocycles. The van der Waals surface area contributed by atoms with Crippen LogP contribution in [0.5, 0.6) is 11.5 Å². The molecule has 1 aromatic heterocycles. The highest BCUT2D eigenvalue weighted by Gasteiger charge is 2.33. The number of para-hydroxylation sites is 1. The summed E-state index contributed by atoms with van der Waals surface area (Å²) in [6, 6.07) is 13.6. The third-order valence-electron chi connectivity index (χ3n) is 4.98. The van der Waals surface area contributed by atoms with Gasteiger partial charge in [0.1, 0.15) is 0 Å². The third-order valence-corrected chi connectivity index (χ3v) is 4.98. The molecule has 4 rings (SSSR count). The minimum atomic E-state index is -0.0419. The number of hydrogen-bond donors (Lipinski definition) is 1. The van der Waals surface area contributed by atoms with E-state index in [-0.39, 0.29) is 11.9 Å². The first-order valence-corrected chi connectivity index (χ1v) is 8.69. The molecule has 1 N–H and O–H groups in total. The van der Waals surface area contributed by atoms with Crippen LogP contribution in [0.4, 0.5) is 0 Å². The number of nitrogens with one attached hydrogen (secondary N) is 1. The molecule has 0 aliphatic carbocycles. The van der Waals surface area contributed by atoms with Gasteiger partial charge in [-0.1, -0.05) is 24.3 Å². The Kier molecular flexibility index (Phi) is 4.24. The minimum Gasteiger partial charge on any atom is -0.493 e. The molecule has 2 aromatic carbocycles. The fraction of sp³-hybridized carbons (Fsp3) is 0.300. The Hall–Kier alpha value is -3.02. The molecule has 1 atom stereocenters. The van der Waals surface area contributed by atoms with E-state index in [2.05, 4.69) is 10.2 Å². The van der Waals surface area contributed by atoms with Crippen molar-refractivity contribution >= 4 is 16.8 Å². The number of methoxy groups -OCH3 is 2. The van der Waals surface area contributed by atoms with E-state index < -0.39 is 0 Å². The molecule has 6 heteroatoms. The standard InChI is InChI=1S/C20H21N3O3/c1-25-17-10-9-13(12-18(17)26-2)16-8-5-11-23(16)20(24)19-14-6-3-4-7-15(14)21-22-19/h3-4,6-7,9-10,12,16H,5,8,11H2,1-2H3,(H,21,22). The zero-order chi connectivity index (χ0) is 18.1. The lowest BCUT2D eigenvalue weighted by molar-refractivity contribution is 0.0731. The zero-order valence-corrected chi connectivity index (χ0v) is 14.9. The Labute approximate surface area is 151 Å². The van der Waals surface area contributed by atoms with Gasteiger partial charge in [-0.2, -0.15) is 5.10 Å². The van der Waals surface area contributed by atoms with E-state index in [4.69, 9.17) is 9.47 Å². The molecule has 1 fully saturated rings. The number of rotatable bonds is 4. The lowest BCUT2D eigenvalue weighted by Crippen LogP contribution is -2.31. The van der Waals surface area contributed by atoms with Crippen LogP contribution in [0.2, 0.25) is 0 Å². The molecule has 134 valence electrons. The second-order valence-electron chi connectivity index (χ2n) is 6.39. The van der Waals surface area contributed by atoms with Gasteiger partial charge in [0, 0.05) is 11.9 Å². The molecule has 2 heterocycles. The highest BCUT2D eigenvalue weighted by molar-refractivity contribution is 6.04. The van der Waals surface area contributed by atoms with Crippen molar-refractivity contribution in [3.05, 3.63) is 53.7 Å². The molecule has 3 aromatic rings. The van der Waals surface area contributed by atoms with Crippen molar-refractivity contribution in [3.8, 4) is 11.5 Å². The van der Waals surface area contributed by atoms with Crippen LogP contribution < -0.4 is 9.47 Å². The summed E-state index contributed by atoms with van der Waals surface area (Å²) in [5, 5.41) is 8.07. The van der Waals surface area contributed by atoms with Gasteiger partial charge in [0.25, 0.3) is 5.91 Å². The summed E-state index contributed by atoms with van der Waals surface area (Å²) in [4.78, 5) is 15.1. The van der Waals surface area contributed by atoms with Gasteiger partial charge in [-0.25, -0.2) is 0 Å². The summed E-state index contributed by atoms with van der Waals surface area (Å²) < 4.78 is 10.7. The first-order chi connectivity index (χ1) is 12.7. The Bertz CT molecular complexity index is 950. The molecule has 0 saturated carbocycles. The summed E-state index contributed by atoms with van der Waals surface area (Å²) in [5.74, 6) is 1.32. The average molecular weight is 351 g/mol. The molecule has 0 bridgehead atoms. The summed E-state index contributed by atoms with van der Waals surface area (Å²) in [5.41, 5.74) is 2.40. The van der Waals surface area contributed by atoms with E-state index in [1.807, 2.05) is 47.4 Å². The third kappa shape index (κ3) is 2.67. The van der Waals surface area contributed by atoms with Gasteiger partial charge in [0.05, 0.1) is 25.8 Å². The first kappa shape index (κ1) is 16.4. The van der Waals surface area contributed by atoms with E-state index in [0.29, 0.717) is 17.2 Å². The number of amides is 1. The summed E-state index contributed by atoms with van der Waals surface area (Å²) in [6.07, 6.45) is 1.89. The van der Waals surface area contributed by atoms with Crippen molar-refractivity contribution in [1.29, 1.82) is 0 Å². The first-order valence-electron chi connectivity index (χ1n) is 8.69. The number of H-pyrrole nitrogens is 1. The predicted octanol–water partition coefficient (Wildman–Crippen LogP) is 3.56. The van der Waals surface area contributed by atoms with Gasteiger partial charge < -0.3 is 14.4 Å². The Morgan fingerprint density at radius 2 is 1.96 bits per heavy atom. The fourth-order valence-corrected chi connectivity index (χ4v) is 3.68. The SMILES string of the molecule is COc1ccc(C2CCCN2C(=O)c2n[nH]c3ccccc23)cc1OC. The molecule has 26 heavy (non-hydrogen) atoms. The Morgan fingerprint density at radius 3 is 2.77 bits per heavy atom. The van der Waals surface area contributed by atoms with Crippen LogP contribution in [0, 0.1) is 0 Å². The molecule has 0 spiro atoms. The van der Waals surface area contributed by atoms with Gasteiger partial charge >= 0.3 is 0 Å². The van der Waals surface area contributed by atoms with Crippen LogP contribution in [-0.4, -0.2) is 41.8 Å². The van der Waals surface area contributed by atoms with Gasteiger partial charge in [-0.05, 0) is 36.6 Å². The van der Waals surface area contributed by atoms with Crippen LogP contribution in [0.1, 0.15) is 34.9 Å². The molecule has 1 amide bonds. The zero-order valence-electron chi connectivity index (χ0n) is 14.9. The number of nitrogens with zero attached hydrogens (tertiary/aromatic N) is 2. The van der Waals surface area contributed by atoms with E-state index in [1.165, 1.54) is 0 Å². The number of likely N-dealkylation sites (tertiary alicyclic amines) is 1. The van der Waals surface area contributed by atoms with Crippen molar-refractivity contribution in [3.63, 3.8) is 0 Å². The second-order valence-corrected chi connectivity index (χ2v) is 6.39. The fourth-order valence-electron chi connectivity index (χ4n) is 3.68. The Morgan fingerprint density at radius 1 is 1.15 bits per heavy atom. The normalized spacial score (nSPS) is 16.8. The van der Waals surface area contributed by atoms with E-state index >= 15 is 0 Å². The maximum Gasteiger partial charge on any atom is 0.275 e. The highest BCUT2D eigenvalue weighted by atomic mass is 16.5. The van der Waals surface area contributed by atoms with Gasteiger partial charge in [-0.3, -0.25) is 9.89 Å². The number of hydrogen-bond acceptors (Lipinski definition) is 4. The Balaban J connectivity index is 1.67. The number of carbonyl (C=O) groups is 1. The van der Waals surface area contributed by atoms with E-state index in [9.17, 15) is 4.79 Å². The number of carbonyl (C=O) groups excluding carboxylic acids is 1. The molecular formula is C20H21N3O3. The van der Waals surface area contributed by atoms with Gasteiger partial charge in [0.15, 0.2) is 17.2 Å². The lowest BCUT2D eigenvalue weighted by Gasteiger charge is -2.25. The predicted molar refractivity (Wildman–Crippen MR) is 98.7 cm³/mol. The molecule has 1 saturated heterocycles. The number of aromatic amines is 1.